The first-order valence-electron chi connectivity index (χ1n) is 19.5. The molecule has 4 aliphatic rings. The standard InChI is InChI=1S/C40H53FN8O4/c41-34-11-10-29(25-35-31-8-4-5-9-32(31)38(51)44-43-35)24-33(34)39(52)48-22-20-47(21-23-48)36(50)27-45-14-12-28(13-15-45)26-46-16-18-49(19-17-46)40(53)37(42)30-6-2-1-3-7-30/h4-5,8-11,24,28,30,37H,1-3,6-7,12-23,25-27,42H2,(H,44,51). The summed E-state index contributed by atoms with van der Waals surface area (Å²) in [5.74, 6) is 0.127. The van der Waals surface area contributed by atoms with Crippen LogP contribution in [0.15, 0.2) is 47.3 Å². The smallest absolute Gasteiger partial charge is 0.272 e. The van der Waals surface area contributed by atoms with Gasteiger partial charge in [-0.15, -0.1) is 0 Å². The van der Waals surface area contributed by atoms with Gasteiger partial charge < -0.3 is 20.4 Å². The van der Waals surface area contributed by atoms with Gasteiger partial charge in [0.15, 0.2) is 0 Å². The van der Waals surface area contributed by atoms with E-state index in [-0.39, 0.29) is 29.0 Å². The van der Waals surface area contributed by atoms with Crippen LogP contribution in [0.25, 0.3) is 10.8 Å². The molecule has 7 rings (SSSR count). The first-order chi connectivity index (χ1) is 25.7. The van der Waals surface area contributed by atoms with Gasteiger partial charge in [-0.3, -0.25) is 29.0 Å². The first kappa shape index (κ1) is 37.1. The molecular weight excluding hydrogens is 675 g/mol. The van der Waals surface area contributed by atoms with Gasteiger partial charge in [-0.1, -0.05) is 43.5 Å². The van der Waals surface area contributed by atoms with Crippen molar-refractivity contribution in [3.63, 3.8) is 0 Å². The summed E-state index contributed by atoms with van der Waals surface area (Å²) in [5.41, 5.74) is 7.48. The number of carbonyl (C=O) groups excluding carboxylic acids is 3. The molecule has 3 aromatic rings. The van der Waals surface area contributed by atoms with E-state index in [2.05, 4.69) is 20.0 Å². The number of piperidine rings is 1. The SMILES string of the molecule is NC(C(=O)N1CCN(CC2CCN(CC(=O)N3CCN(C(=O)c4cc(Cc5n[nH]c(=O)c6ccccc56)ccc4F)CC3)CC2)CC1)C1CCCCC1. The molecular formula is C40H53FN8O4. The summed E-state index contributed by atoms with van der Waals surface area (Å²) >= 11 is 0. The molecule has 3 N–H and O–H groups in total. The molecule has 4 fully saturated rings. The van der Waals surface area contributed by atoms with Gasteiger partial charge >= 0.3 is 0 Å². The monoisotopic (exact) mass is 728 g/mol. The van der Waals surface area contributed by atoms with Crippen molar-refractivity contribution >= 4 is 28.5 Å². The Bertz CT molecular complexity index is 1820. The third kappa shape index (κ3) is 8.79. The Morgan fingerprint density at radius 2 is 1.45 bits per heavy atom. The zero-order valence-corrected chi connectivity index (χ0v) is 30.7. The Labute approximate surface area is 310 Å². The lowest BCUT2D eigenvalue weighted by molar-refractivity contribution is -0.136. The molecule has 0 spiro atoms. The summed E-state index contributed by atoms with van der Waals surface area (Å²) in [6, 6.07) is 11.3. The van der Waals surface area contributed by atoms with Gasteiger partial charge in [-0.25, -0.2) is 9.49 Å². The predicted octanol–water partition coefficient (Wildman–Crippen LogP) is 2.70. The number of carbonyl (C=O) groups is 3. The van der Waals surface area contributed by atoms with Gasteiger partial charge in [0.25, 0.3) is 11.5 Å². The van der Waals surface area contributed by atoms with E-state index in [4.69, 9.17) is 5.73 Å². The zero-order chi connectivity index (χ0) is 36.9. The second kappa shape index (κ2) is 16.9. The van der Waals surface area contributed by atoms with Crippen LogP contribution in [0.5, 0.6) is 0 Å². The average molecular weight is 729 g/mol. The minimum Gasteiger partial charge on any atom is -0.339 e. The lowest BCUT2D eigenvalue weighted by atomic mass is 9.83. The summed E-state index contributed by atoms with van der Waals surface area (Å²) in [7, 11) is 0. The average Bonchev–Trinajstić information content (AvgIpc) is 3.20. The molecule has 1 aromatic heterocycles. The van der Waals surface area contributed by atoms with Crippen molar-refractivity contribution in [2.24, 2.45) is 17.6 Å². The number of piperazine rings is 2. The molecule has 2 aromatic carbocycles. The molecule has 0 radical (unpaired) electrons. The number of likely N-dealkylation sites (tertiary alicyclic amines) is 1. The molecule has 3 aliphatic heterocycles. The minimum absolute atomic E-state index is 0.00638. The zero-order valence-electron chi connectivity index (χ0n) is 30.7. The largest absolute Gasteiger partial charge is 0.339 e. The number of hydrogen-bond acceptors (Lipinski definition) is 8. The number of fused-ring (bicyclic) bond motifs is 1. The predicted molar refractivity (Wildman–Crippen MR) is 201 cm³/mol. The maximum atomic E-state index is 15.0. The number of halogens is 1. The Kier molecular flexibility index (Phi) is 11.8. The van der Waals surface area contributed by atoms with Crippen molar-refractivity contribution in [2.45, 2.75) is 57.4 Å². The van der Waals surface area contributed by atoms with Crippen molar-refractivity contribution in [3.8, 4) is 0 Å². The fourth-order valence-electron chi connectivity index (χ4n) is 8.72. The van der Waals surface area contributed by atoms with Crippen LogP contribution in [0, 0.1) is 17.7 Å². The quantitative estimate of drug-likeness (QED) is 0.343. The van der Waals surface area contributed by atoms with Crippen LogP contribution in [0.1, 0.15) is 66.6 Å². The van der Waals surface area contributed by atoms with Crippen molar-refractivity contribution in [2.75, 3.05) is 78.5 Å². The number of aromatic nitrogens is 2. The number of nitrogens with zero attached hydrogens (tertiary/aromatic N) is 6. The number of nitrogens with one attached hydrogen (secondary N) is 1. The number of rotatable bonds is 9. The molecule has 284 valence electrons. The van der Waals surface area contributed by atoms with Crippen molar-refractivity contribution in [1.29, 1.82) is 0 Å². The van der Waals surface area contributed by atoms with Gasteiger partial charge in [0.1, 0.15) is 5.82 Å². The van der Waals surface area contributed by atoms with Crippen LogP contribution in [0.3, 0.4) is 0 Å². The molecule has 3 amide bonds. The lowest BCUT2D eigenvalue weighted by Crippen LogP contribution is -2.56. The van der Waals surface area contributed by atoms with Gasteiger partial charge in [-0.05, 0) is 74.4 Å². The highest BCUT2D eigenvalue weighted by molar-refractivity contribution is 5.95. The Morgan fingerprint density at radius 3 is 2.17 bits per heavy atom. The molecule has 53 heavy (non-hydrogen) atoms. The third-order valence-corrected chi connectivity index (χ3v) is 12.0. The van der Waals surface area contributed by atoms with E-state index in [0.29, 0.717) is 73.0 Å². The highest BCUT2D eigenvalue weighted by Crippen LogP contribution is 2.27. The molecule has 13 heteroatoms. The highest BCUT2D eigenvalue weighted by atomic mass is 19.1. The van der Waals surface area contributed by atoms with Crippen molar-refractivity contribution in [3.05, 3.63) is 75.5 Å². The number of nitrogens with two attached hydrogens (primary N) is 1. The molecule has 12 nitrogen and oxygen atoms in total. The summed E-state index contributed by atoms with van der Waals surface area (Å²) in [6.45, 7) is 7.94. The van der Waals surface area contributed by atoms with Crippen LogP contribution in [0.4, 0.5) is 4.39 Å². The number of hydrogen-bond donors (Lipinski definition) is 2. The Balaban J connectivity index is 0.829. The molecule has 1 atom stereocenters. The number of amides is 3. The molecule has 1 unspecified atom stereocenters. The van der Waals surface area contributed by atoms with Crippen molar-refractivity contribution in [1.82, 2.24) is 34.7 Å². The number of aromatic amines is 1. The summed E-state index contributed by atoms with van der Waals surface area (Å²) in [6.07, 6.45) is 8.19. The highest BCUT2D eigenvalue weighted by Gasteiger charge is 2.33. The van der Waals surface area contributed by atoms with E-state index in [9.17, 15) is 23.6 Å². The van der Waals surface area contributed by atoms with Gasteiger partial charge in [-0.2, -0.15) is 5.10 Å². The topological polar surface area (TPSA) is 139 Å². The molecule has 4 heterocycles. The van der Waals surface area contributed by atoms with E-state index in [1.807, 2.05) is 21.9 Å². The number of benzene rings is 2. The van der Waals surface area contributed by atoms with E-state index in [0.717, 1.165) is 71.5 Å². The van der Waals surface area contributed by atoms with Crippen LogP contribution >= 0.6 is 0 Å². The van der Waals surface area contributed by atoms with E-state index in [1.165, 1.54) is 25.3 Å². The second-order valence-electron chi connectivity index (χ2n) is 15.5. The van der Waals surface area contributed by atoms with Crippen molar-refractivity contribution < 1.29 is 18.8 Å². The molecule has 1 saturated carbocycles. The minimum atomic E-state index is -0.591. The van der Waals surface area contributed by atoms with Crippen LogP contribution in [-0.2, 0) is 16.0 Å². The normalized spacial score (nSPS) is 20.5. The second-order valence-corrected chi connectivity index (χ2v) is 15.5. The van der Waals surface area contributed by atoms with E-state index in [1.54, 1.807) is 29.2 Å². The Hall–Kier alpha value is -4.20. The fourth-order valence-corrected chi connectivity index (χ4v) is 8.72. The third-order valence-electron chi connectivity index (χ3n) is 12.0. The van der Waals surface area contributed by atoms with Gasteiger partial charge in [0.05, 0.1) is 29.2 Å². The molecule has 3 saturated heterocycles. The molecule has 1 aliphatic carbocycles. The van der Waals surface area contributed by atoms with E-state index >= 15 is 0 Å². The lowest BCUT2D eigenvalue weighted by Gasteiger charge is -2.40. The van der Waals surface area contributed by atoms with Gasteiger partial charge in [0.2, 0.25) is 11.8 Å². The summed E-state index contributed by atoms with van der Waals surface area (Å²) < 4.78 is 15.0. The van der Waals surface area contributed by atoms with Gasteiger partial charge in [0, 0.05) is 70.7 Å². The fraction of sp³-hybridized carbons (Fsp3) is 0.575. The first-order valence-corrected chi connectivity index (χ1v) is 19.5. The maximum absolute atomic E-state index is 15.0. The van der Waals surface area contributed by atoms with Crippen LogP contribution < -0.4 is 11.3 Å². The maximum Gasteiger partial charge on any atom is 0.272 e. The van der Waals surface area contributed by atoms with Crippen LogP contribution in [0.2, 0.25) is 0 Å². The Morgan fingerprint density at radius 1 is 0.792 bits per heavy atom. The van der Waals surface area contributed by atoms with Crippen LogP contribution in [-0.4, -0.2) is 137 Å². The summed E-state index contributed by atoms with van der Waals surface area (Å²) in [4.78, 5) is 62.1. The summed E-state index contributed by atoms with van der Waals surface area (Å²) in [5, 5.41) is 7.99. The molecule has 0 bridgehead atoms. The number of H-pyrrole nitrogens is 1. The van der Waals surface area contributed by atoms with E-state index < -0.39 is 11.7 Å².